The first-order valence-electron chi connectivity index (χ1n) is 7.34. The van der Waals surface area contributed by atoms with Crippen LogP contribution in [0.1, 0.15) is 52.9 Å². The van der Waals surface area contributed by atoms with Crippen molar-refractivity contribution >= 4 is 5.91 Å². The highest BCUT2D eigenvalue weighted by molar-refractivity contribution is 5.76. The van der Waals surface area contributed by atoms with Crippen molar-refractivity contribution in [2.24, 2.45) is 16.7 Å². The van der Waals surface area contributed by atoms with Gasteiger partial charge in [0.1, 0.15) is 0 Å². The van der Waals surface area contributed by atoms with E-state index < -0.39 is 0 Å². The number of hydrogen-bond acceptors (Lipinski definition) is 2. The third-order valence-corrected chi connectivity index (χ3v) is 5.41. The van der Waals surface area contributed by atoms with Gasteiger partial charge >= 0.3 is 0 Å². The van der Waals surface area contributed by atoms with Gasteiger partial charge in [0.05, 0.1) is 0 Å². The number of nitrogens with one attached hydrogen (secondary N) is 2. The maximum absolute atomic E-state index is 12.0. The minimum atomic E-state index is 0.233. The average Bonchev–Trinajstić information content (AvgIpc) is 2.76. The van der Waals surface area contributed by atoms with Gasteiger partial charge in [-0.2, -0.15) is 0 Å². The second kappa shape index (κ2) is 4.84. The van der Waals surface area contributed by atoms with Gasteiger partial charge in [0, 0.05) is 12.5 Å². The third-order valence-electron chi connectivity index (χ3n) is 5.41. The van der Waals surface area contributed by atoms with Crippen molar-refractivity contribution in [3.8, 4) is 0 Å². The summed E-state index contributed by atoms with van der Waals surface area (Å²) in [6.45, 7) is 7.95. The van der Waals surface area contributed by atoms with Crippen LogP contribution < -0.4 is 10.6 Å². The summed E-state index contributed by atoms with van der Waals surface area (Å²) in [6, 6.07) is 0.367. The van der Waals surface area contributed by atoms with Crippen LogP contribution in [0.15, 0.2) is 0 Å². The zero-order valence-corrected chi connectivity index (χ0v) is 12.3. The summed E-state index contributed by atoms with van der Waals surface area (Å²) in [7, 11) is 1.93. The number of carbonyl (C=O) groups is 1. The van der Waals surface area contributed by atoms with Gasteiger partial charge in [0.25, 0.3) is 0 Å². The minimum Gasteiger partial charge on any atom is -0.352 e. The molecule has 2 bridgehead atoms. The van der Waals surface area contributed by atoms with Crippen LogP contribution in [-0.2, 0) is 4.79 Å². The first kappa shape index (κ1) is 13.9. The number of amides is 1. The Morgan fingerprint density at radius 2 is 2.06 bits per heavy atom. The molecule has 2 fully saturated rings. The number of carbonyl (C=O) groups excluding carboxylic acids is 1. The fraction of sp³-hybridized carbons (Fsp3) is 0.933. The second-order valence-corrected chi connectivity index (χ2v) is 7.12. The van der Waals surface area contributed by atoms with Gasteiger partial charge < -0.3 is 10.6 Å². The summed E-state index contributed by atoms with van der Waals surface area (Å²) in [5, 5.41) is 6.42. The van der Waals surface area contributed by atoms with Crippen LogP contribution in [0.25, 0.3) is 0 Å². The van der Waals surface area contributed by atoms with E-state index in [-0.39, 0.29) is 11.3 Å². The van der Waals surface area contributed by atoms with Crippen molar-refractivity contribution in [3.63, 3.8) is 0 Å². The lowest BCUT2D eigenvalue weighted by Gasteiger charge is -2.43. The Bertz CT molecular complexity index is 322. The third kappa shape index (κ3) is 2.29. The molecular formula is C15H28N2O. The van der Waals surface area contributed by atoms with Crippen molar-refractivity contribution in [1.82, 2.24) is 10.6 Å². The van der Waals surface area contributed by atoms with Crippen LogP contribution in [0.4, 0.5) is 0 Å². The Morgan fingerprint density at radius 3 is 2.61 bits per heavy atom. The molecule has 0 spiro atoms. The molecule has 0 aromatic carbocycles. The zero-order chi connectivity index (χ0) is 13.4. The molecule has 0 aromatic heterocycles. The summed E-state index contributed by atoms with van der Waals surface area (Å²) >= 11 is 0. The Labute approximate surface area is 111 Å². The van der Waals surface area contributed by atoms with Crippen LogP contribution in [0.2, 0.25) is 0 Å². The standard InChI is InChI=1S/C15H28N2O/c1-14(2)11-7-8-15(3,10-11)13(14)17-12(18)6-5-9-16-4/h11,13,16H,5-10H2,1-4H3,(H,17,18). The molecule has 0 radical (unpaired) electrons. The largest absolute Gasteiger partial charge is 0.352 e. The summed E-state index contributed by atoms with van der Waals surface area (Å²) in [6.07, 6.45) is 5.49. The predicted molar refractivity (Wildman–Crippen MR) is 74.3 cm³/mol. The van der Waals surface area contributed by atoms with E-state index in [1.165, 1.54) is 19.3 Å². The number of fused-ring (bicyclic) bond motifs is 2. The zero-order valence-electron chi connectivity index (χ0n) is 12.3. The maximum atomic E-state index is 12.0. The monoisotopic (exact) mass is 252 g/mol. The Kier molecular flexibility index (Phi) is 3.72. The lowest BCUT2D eigenvalue weighted by atomic mass is 9.68. The predicted octanol–water partition coefficient (Wildman–Crippen LogP) is 2.32. The SMILES string of the molecule is CNCCCC(=O)NC1C2(C)CCC(C2)C1(C)C. The lowest BCUT2D eigenvalue weighted by Crippen LogP contribution is -2.52. The molecule has 104 valence electrons. The van der Waals surface area contributed by atoms with Gasteiger partial charge in [0.2, 0.25) is 5.91 Å². The fourth-order valence-corrected chi connectivity index (χ4v) is 4.32. The van der Waals surface area contributed by atoms with E-state index in [9.17, 15) is 4.79 Å². The fourth-order valence-electron chi connectivity index (χ4n) is 4.32. The van der Waals surface area contributed by atoms with Crippen LogP contribution in [0.5, 0.6) is 0 Å². The summed E-state index contributed by atoms with van der Waals surface area (Å²) in [5.74, 6) is 1.03. The van der Waals surface area contributed by atoms with E-state index in [1.54, 1.807) is 0 Å². The normalized spacial score (nSPS) is 36.9. The topological polar surface area (TPSA) is 41.1 Å². The van der Waals surface area contributed by atoms with Gasteiger partial charge in [-0.05, 0) is 56.0 Å². The molecule has 3 heteroatoms. The summed E-state index contributed by atoms with van der Waals surface area (Å²) in [4.78, 5) is 12.0. The highest BCUT2D eigenvalue weighted by Crippen LogP contribution is 2.62. The quantitative estimate of drug-likeness (QED) is 0.737. The average molecular weight is 252 g/mol. The molecule has 3 nitrogen and oxygen atoms in total. The van der Waals surface area contributed by atoms with Crippen molar-refractivity contribution < 1.29 is 4.79 Å². The molecule has 2 saturated carbocycles. The number of rotatable bonds is 5. The van der Waals surface area contributed by atoms with E-state index in [1.807, 2.05) is 7.05 Å². The molecule has 2 aliphatic carbocycles. The van der Waals surface area contributed by atoms with Crippen LogP contribution >= 0.6 is 0 Å². The number of hydrogen-bond donors (Lipinski definition) is 2. The highest BCUT2D eigenvalue weighted by atomic mass is 16.1. The molecule has 3 unspecified atom stereocenters. The first-order valence-corrected chi connectivity index (χ1v) is 7.34. The maximum Gasteiger partial charge on any atom is 0.220 e. The highest BCUT2D eigenvalue weighted by Gasteiger charge is 2.59. The van der Waals surface area contributed by atoms with Crippen molar-refractivity contribution in [2.45, 2.75) is 58.9 Å². The Hall–Kier alpha value is -0.570. The van der Waals surface area contributed by atoms with Crippen molar-refractivity contribution in [2.75, 3.05) is 13.6 Å². The molecule has 0 aromatic rings. The van der Waals surface area contributed by atoms with Gasteiger partial charge in [0.15, 0.2) is 0 Å². The van der Waals surface area contributed by atoms with Crippen LogP contribution in [0.3, 0.4) is 0 Å². The summed E-state index contributed by atoms with van der Waals surface area (Å²) in [5.41, 5.74) is 0.610. The smallest absolute Gasteiger partial charge is 0.220 e. The molecule has 2 rings (SSSR count). The molecule has 2 N–H and O–H groups in total. The molecule has 2 aliphatic rings. The lowest BCUT2D eigenvalue weighted by molar-refractivity contribution is -0.123. The molecule has 1 amide bonds. The van der Waals surface area contributed by atoms with E-state index in [0.29, 0.717) is 17.9 Å². The Balaban J connectivity index is 1.94. The van der Waals surface area contributed by atoms with E-state index in [4.69, 9.17) is 0 Å². The van der Waals surface area contributed by atoms with Gasteiger partial charge in [-0.3, -0.25) is 4.79 Å². The van der Waals surface area contributed by atoms with Gasteiger partial charge in [-0.15, -0.1) is 0 Å². The van der Waals surface area contributed by atoms with E-state index >= 15 is 0 Å². The molecular weight excluding hydrogens is 224 g/mol. The molecule has 3 atom stereocenters. The minimum absolute atomic E-state index is 0.233. The van der Waals surface area contributed by atoms with Crippen LogP contribution in [0, 0.1) is 16.7 Å². The van der Waals surface area contributed by atoms with E-state index in [2.05, 4.69) is 31.4 Å². The van der Waals surface area contributed by atoms with Crippen molar-refractivity contribution in [1.29, 1.82) is 0 Å². The van der Waals surface area contributed by atoms with E-state index in [0.717, 1.165) is 18.9 Å². The van der Waals surface area contributed by atoms with Gasteiger partial charge in [-0.25, -0.2) is 0 Å². The van der Waals surface area contributed by atoms with Crippen molar-refractivity contribution in [3.05, 3.63) is 0 Å². The second-order valence-electron chi connectivity index (χ2n) is 7.12. The first-order chi connectivity index (χ1) is 8.40. The molecule has 18 heavy (non-hydrogen) atoms. The Morgan fingerprint density at radius 1 is 1.33 bits per heavy atom. The van der Waals surface area contributed by atoms with Gasteiger partial charge in [-0.1, -0.05) is 20.8 Å². The molecule has 0 aliphatic heterocycles. The molecule has 0 saturated heterocycles. The molecule has 0 heterocycles. The van der Waals surface area contributed by atoms with Crippen LogP contribution in [-0.4, -0.2) is 25.5 Å². The summed E-state index contributed by atoms with van der Waals surface area (Å²) < 4.78 is 0.